The molecule has 3 atom stereocenters. The van der Waals surface area contributed by atoms with Crippen LogP contribution in [0.3, 0.4) is 0 Å². The number of hydrogen-bond acceptors (Lipinski definition) is 7. The number of ether oxygens (including phenoxy) is 3. The van der Waals surface area contributed by atoms with Gasteiger partial charge in [-0.05, 0) is 23.3 Å². The first-order valence-corrected chi connectivity index (χ1v) is 9.86. The summed E-state index contributed by atoms with van der Waals surface area (Å²) in [6, 6.07) is 15.4. The van der Waals surface area contributed by atoms with E-state index in [0.717, 1.165) is 16.9 Å². The minimum absolute atomic E-state index is 0.000531. The van der Waals surface area contributed by atoms with Crippen LogP contribution < -0.4 is 4.74 Å². The van der Waals surface area contributed by atoms with Gasteiger partial charge in [0.1, 0.15) is 18.6 Å². The minimum Gasteiger partial charge on any atom is -0.497 e. The lowest BCUT2D eigenvalue weighted by Crippen LogP contribution is -2.48. The van der Waals surface area contributed by atoms with Gasteiger partial charge in [-0.3, -0.25) is 9.63 Å². The maximum absolute atomic E-state index is 12.9. The number of aldehydes is 1. The summed E-state index contributed by atoms with van der Waals surface area (Å²) in [4.78, 5) is 42.5. The van der Waals surface area contributed by atoms with Crippen molar-refractivity contribution >= 4 is 18.3 Å². The maximum atomic E-state index is 12.9. The molecule has 164 valence electrons. The lowest BCUT2D eigenvalue weighted by Gasteiger charge is -2.41. The highest BCUT2D eigenvalue weighted by Gasteiger charge is 2.44. The number of hydroxylamine groups is 2. The molecule has 1 heterocycles. The fourth-order valence-corrected chi connectivity index (χ4v) is 3.57. The van der Waals surface area contributed by atoms with Gasteiger partial charge in [0, 0.05) is 11.8 Å². The Balaban J connectivity index is 1.85. The van der Waals surface area contributed by atoms with Gasteiger partial charge in [0.15, 0.2) is 0 Å². The van der Waals surface area contributed by atoms with E-state index in [0.29, 0.717) is 11.3 Å². The molecule has 0 bridgehead atoms. The smallest absolute Gasteiger partial charge is 0.434 e. The Kier molecular flexibility index (Phi) is 7.61. The van der Waals surface area contributed by atoms with Crippen LogP contribution >= 0.6 is 0 Å². The molecular weight excluding hydrogens is 402 g/mol. The van der Waals surface area contributed by atoms with Gasteiger partial charge < -0.3 is 19.0 Å². The van der Waals surface area contributed by atoms with E-state index >= 15 is 0 Å². The summed E-state index contributed by atoms with van der Waals surface area (Å²) in [6.45, 7) is 0.0673. The third-order valence-corrected chi connectivity index (χ3v) is 5.25. The summed E-state index contributed by atoms with van der Waals surface area (Å²) >= 11 is 0. The molecule has 1 aliphatic rings. The van der Waals surface area contributed by atoms with E-state index in [-0.39, 0.29) is 19.6 Å². The number of carbonyl (C=O) groups is 3. The van der Waals surface area contributed by atoms with Crippen molar-refractivity contribution < 1.29 is 33.4 Å². The fraction of sp³-hybridized carbons (Fsp3) is 0.348. The molecule has 0 unspecified atom stereocenters. The van der Waals surface area contributed by atoms with Gasteiger partial charge in [-0.15, -0.1) is 0 Å². The highest BCUT2D eigenvalue weighted by Crippen LogP contribution is 2.39. The van der Waals surface area contributed by atoms with Crippen LogP contribution in [0.2, 0.25) is 0 Å². The first kappa shape index (κ1) is 22.3. The van der Waals surface area contributed by atoms with Crippen molar-refractivity contribution in [3.63, 3.8) is 0 Å². The van der Waals surface area contributed by atoms with E-state index < -0.39 is 29.9 Å². The van der Waals surface area contributed by atoms with Crippen LogP contribution in [0, 0.1) is 11.8 Å². The molecule has 0 radical (unpaired) electrons. The Labute approximate surface area is 180 Å². The maximum Gasteiger partial charge on any atom is 0.434 e. The number of carbonyl (C=O) groups excluding carboxylic acids is 3. The average Bonchev–Trinajstić information content (AvgIpc) is 2.82. The van der Waals surface area contributed by atoms with Crippen molar-refractivity contribution in [2.45, 2.75) is 19.1 Å². The third kappa shape index (κ3) is 5.40. The molecule has 0 aromatic heterocycles. The van der Waals surface area contributed by atoms with Gasteiger partial charge >= 0.3 is 12.1 Å². The minimum atomic E-state index is -0.768. The van der Waals surface area contributed by atoms with Crippen molar-refractivity contribution in [3.8, 4) is 5.75 Å². The molecular formula is C23H25NO7. The molecule has 1 amide bonds. The van der Waals surface area contributed by atoms with Crippen molar-refractivity contribution in [3.05, 3.63) is 65.7 Å². The molecule has 0 spiro atoms. The van der Waals surface area contributed by atoms with Crippen molar-refractivity contribution in [2.24, 2.45) is 11.8 Å². The molecule has 31 heavy (non-hydrogen) atoms. The lowest BCUT2D eigenvalue weighted by molar-refractivity contribution is -0.222. The molecule has 0 aliphatic carbocycles. The topological polar surface area (TPSA) is 91.4 Å². The molecule has 1 aliphatic heterocycles. The zero-order valence-corrected chi connectivity index (χ0v) is 17.4. The van der Waals surface area contributed by atoms with Gasteiger partial charge in [-0.25, -0.2) is 4.79 Å². The molecule has 3 rings (SSSR count). The predicted molar refractivity (Wildman–Crippen MR) is 110 cm³/mol. The van der Waals surface area contributed by atoms with Crippen LogP contribution in [0.4, 0.5) is 4.79 Å². The Morgan fingerprint density at radius 1 is 1.10 bits per heavy atom. The van der Waals surface area contributed by atoms with Crippen LogP contribution in [0.5, 0.6) is 5.75 Å². The SMILES string of the molecule is COC(=O)C[C@@H]1CON(C(=O)OCc2ccccc2)[C@H](c2ccc(OC)cc2)[C@H]1C=O. The molecule has 1 saturated heterocycles. The number of rotatable bonds is 7. The molecule has 0 saturated carbocycles. The fourth-order valence-electron chi connectivity index (χ4n) is 3.57. The molecule has 2 aromatic rings. The Morgan fingerprint density at radius 2 is 1.81 bits per heavy atom. The highest BCUT2D eigenvalue weighted by atomic mass is 16.7. The van der Waals surface area contributed by atoms with Crippen LogP contribution in [-0.4, -0.2) is 44.2 Å². The zero-order chi connectivity index (χ0) is 22.2. The van der Waals surface area contributed by atoms with Gasteiger partial charge in [0.05, 0.1) is 33.3 Å². The van der Waals surface area contributed by atoms with Crippen molar-refractivity contribution in [1.29, 1.82) is 0 Å². The van der Waals surface area contributed by atoms with Crippen LogP contribution in [-0.2, 0) is 30.5 Å². The summed E-state index contributed by atoms with van der Waals surface area (Å²) in [5, 5.41) is 1.08. The van der Waals surface area contributed by atoms with E-state index in [1.807, 2.05) is 30.3 Å². The van der Waals surface area contributed by atoms with Gasteiger partial charge in [0.2, 0.25) is 0 Å². The second-order valence-electron chi connectivity index (χ2n) is 7.13. The first-order chi connectivity index (χ1) is 15.1. The summed E-state index contributed by atoms with van der Waals surface area (Å²) in [5.41, 5.74) is 1.48. The number of methoxy groups -OCH3 is 2. The number of benzene rings is 2. The first-order valence-electron chi connectivity index (χ1n) is 9.86. The van der Waals surface area contributed by atoms with Crippen molar-refractivity contribution in [1.82, 2.24) is 5.06 Å². The predicted octanol–water partition coefficient (Wildman–Crippen LogP) is 3.31. The standard InChI is InChI=1S/C23H25NO7/c1-28-19-10-8-17(9-11-19)22-20(13-25)18(12-21(26)29-2)15-31-24(22)23(27)30-14-16-6-4-3-5-7-16/h3-11,13,18,20,22H,12,14-15H2,1-2H3/t18-,20+,22-/m1/s1. The third-order valence-electron chi connectivity index (χ3n) is 5.25. The zero-order valence-electron chi connectivity index (χ0n) is 17.4. The lowest BCUT2D eigenvalue weighted by atomic mass is 9.81. The van der Waals surface area contributed by atoms with E-state index in [4.69, 9.17) is 19.0 Å². The van der Waals surface area contributed by atoms with Crippen LogP contribution in [0.1, 0.15) is 23.6 Å². The molecule has 1 fully saturated rings. The molecule has 8 heteroatoms. The Morgan fingerprint density at radius 3 is 2.42 bits per heavy atom. The Hall–Kier alpha value is -3.39. The van der Waals surface area contributed by atoms with Crippen LogP contribution in [0.25, 0.3) is 0 Å². The number of hydrogen-bond donors (Lipinski definition) is 0. The van der Waals surface area contributed by atoms with Crippen molar-refractivity contribution in [2.75, 3.05) is 20.8 Å². The molecule has 8 nitrogen and oxygen atoms in total. The van der Waals surface area contributed by atoms with E-state index in [1.165, 1.54) is 7.11 Å². The van der Waals surface area contributed by atoms with E-state index in [2.05, 4.69) is 0 Å². The average molecular weight is 427 g/mol. The number of amides is 1. The van der Waals surface area contributed by atoms with Gasteiger partial charge in [0.25, 0.3) is 0 Å². The summed E-state index contributed by atoms with van der Waals surface area (Å²) in [5.74, 6) is -0.956. The van der Waals surface area contributed by atoms with Gasteiger partial charge in [-0.2, -0.15) is 5.06 Å². The summed E-state index contributed by atoms with van der Waals surface area (Å²) in [6.07, 6.45) is 0.0372. The number of nitrogens with zero attached hydrogens (tertiary/aromatic N) is 1. The quantitative estimate of drug-likeness (QED) is 0.494. The number of esters is 1. The largest absolute Gasteiger partial charge is 0.497 e. The summed E-state index contributed by atoms with van der Waals surface area (Å²) < 4.78 is 15.4. The monoisotopic (exact) mass is 427 g/mol. The van der Waals surface area contributed by atoms with Crippen LogP contribution in [0.15, 0.2) is 54.6 Å². The van der Waals surface area contributed by atoms with Gasteiger partial charge in [-0.1, -0.05) is 42.5 Å². The normalized spacial score (nSPS) is 20.6. The Bertz CT molecular complexity index is 885. The van der Waals surface area contributed by atoms with E-state index in [1.54, 1.807) is 31.4 Å². The second kappa shape index (κ2) is 10.6. The molecule has 2 aromatic carbocycles. The summed E-state index contributed by atoms with van der Waals surface area (Å²) in [7, 11) is 2.84. The molecule has 0 N–H and O–H groups in total. The van der Waals surface area contributed by atoms with E-state index in [9.17, 15) is 14.4 Å². The second-order valence-corrected chi connectivity index (χ2v) is 7.13. The highest BCUT2D eigenvalue weighted by molar-refractivity contribution is 5.72.